The van der Waals surface area contributed by atoms with E-state index in [1.165, 1.54) is 36.4 Å². The summed E-state index contributed by atoms with van der Waals surface area (Å²) >= 11 is 5.66. The van der Waals surface area contributed by atoms with Crippen LogP contribution in [-0.4, -0.2) is 10.0 Å². The number of aliphatic hydroxyl groups is 1. The third-order valence-corrected chi connectivity index (χ3v) is 3.09. The van der Waals surface area contributed by atoms with Gasteiger partial charge in [-0.2, -0.15) is 0 Å². The number of nitrogens with zero attached hydrogens (tertiary/aromatic N) is 1. The molecule has 0 heterocycles. The quantitative estimate of drug-likeness (QED) is 0.678. The summed E-state index contributed by atoms with van der Waals surface area (Å²) in [5.41, 5.74) is 0.817. The molecule has 1 N–H and O–H groups in total. The van der Waals surface area contributed by atoms with Crippen LogP contribution < -0.4 is 4.74 Å². The molecule has 0 atom stereocenters. The highest BCUT2D eigenvalue weighted by molar-refractivity contribution is 6.30. The fraction of sp³-hybridized carbons (Fsp3) is 0.143. The maximum atomic E-state index is 13.0. The summed E-state index contributed by atoms with van der Waals surface area (Å²) in [4.78, 5) is 10.1. The molecule has 0 aliphatic heterocycles. The van der Waals surface area contributed by atoms with Crippen LogP contribution in [0.5, 0.6) is 5.75 Å². The Morgan fingerprint density at radius 2 is 2.05 bits per heavy atom. The molecule has 5 nitrogen and oxygen atoms in total. The minimum absolute atomic E-state index is 0.0119. The second-order valence-corrected chi connectivity index (χ2v) is 4.65. The van der Waals surface area contributed by atoms with Crippen LogP contribution in [0, 0.1) is 15.9 Å². The highest BCUT2D eigenvalue weighted by atomic mass is 35.5. The molecule has 7 heteroatoms. The molecule has 0 amide bonds. The maximum Gasteiger partial charge on any atom is 0.270 e. The fourth-order valence-corrected chi connectivity index (χ4v) is 1.94. The number of hydrogen-bond donors (Lipinski definition) is 1. The number of nitro benzene ring substituents is 1. The van der Waals surface area contributed by atoms with Gasteiger partial charge in [0.2, 0.25) is 0 Å². The van der Waals surface area contributed by atoms with Gasteiger partial charge in [-0.15, -0.1) is 0 Å². The zero-order chi connectivity index (χ0) is 15.4. The Hall–Kier alpha value is -2.18. The van der Waals surface area contributed by atoms with E-state index in [-0.39, 0.29) is 23.9 Å². The van der Waals surface area contributed by atoms with Crippen molar-refractivity contribution in [2.75, 3.05) is 0 Å². The lowest BCUT2D eigenvalue weighted by Gasteiger charge is -2.10. The molecule has 2 rings (SSSR count). The molecule has 0 spiro atoms. The van der Waals surface area contributed by atoms with E-state index in [2.05, 4.69) is 0 Å². The van der Waals surface area contributed by atoms with Crippen LogP contribution in [0.2, 0.25) is 5.02 Å². The lowest BCUT2D eigenvalue weighted by atomic mass is 10.2. The molecule has 0 saturated carbocycles. The first kappa shape index (κ1) is 15.2. The number of ether oxygens (including phenoxy) is 1. The van der Waals surface area contributed by atoms with E-state index in [1.807, 2.05) is 0 Å². The summed E-state index contributed by atoms with van der Waals surface area (Å²) in [5.74, 6) is -0.199. The number of non-ortho nitro benzene ring substituents is 1. The van der Waals surface area contributed by atoms with Crippen LogP contribution in [0.1, 0.15) is 11.1 Å². The van der Waals surface area contributed by atoms with Crippen molar-refractivity contribution in [2.24, 2.45) is 0 Å². The van der Waals surface area contributed by atoms with Crippen LogP contribution in [0.15, 0.2) is 36.4 Å². The third kappa shape index (κ3) is 3.68. The number of rotatable bonds is 5. The first-order valence-electron chi connectivity index (χ1n) is 5.96. The van der Waals surface area contributed by atoms with Gasteiger partial charge in [0.1, 0.15) is 18.2 Å². The molecule has 21 heavy (non-hydrogen) atoms. The summed E-state index contributed by atoms with van der Waals surface area (Å²) < 4.78 is 18.5. The van der Waals surface area contributed by atoms with E-state index in [9.17, 15) is 19.6 Å². The number of benzene rings is 2. The van der Waals surface area contributed by atoms with Crippen LogP contribution in [0.25, 0.3) is 0 Å². The van der Waals surface area contributed by atoms with Gasteiger partial charge in [-0.25, -0.2) is 4.39 Å². The molecule has 0 unspecified atom stereocenters. The first-order chi connectivity index (χ1) is 10.0. The van der Waals surface area contributed by atoms with E-state index >= 15 is 0 Å². The van der Waals surface area contributed by atoms with Crippen molar-refractivity contribution in [1.82, 2.24) is 0 Å². The summed E-state index contributed by atoms with van der Waals surface area (Å²) in [7, 11) is 0. The highest BCUT2D eigenvalue weighted by Crippen LogP contribution is 2.25. The van der Waals surface area contributed by atoms with Crippen molar-refractivity contribution >= 4 is 17.3 Å². The average molecular weight is 312 g/mol. The molecular weight excluding hydrogens is 301 g/mol. The summed E-state index contributed by atoms with van der Waals surface area (Å²) in [6.45, 7) is -0.286. The third-order valence-electron chi connectivity index (χ3n) is 2.80. The van der Waals surface area contributed by atoms with Crippen molar-refractivity contribution < 1.29 is 19.2 Å². The Kier molecular flexibility index (Phi) is 4.72. The van der Waals surface area contributed by atoms with Gasteiger partial charge >= 0.3 is 0 Å². The summed E-state index contributed by atoms with van der Waals surface area (Å²) in [5, 5.41) is 19.9. The second kappa shape index (κ2) is 6.51. The van der Waals surface area contributed by atoms with Gasteiger partial charge in [-0.1, -0.05) is 17.7 Å². The number of nitro groups is 1. The molecule has 0 saturated heterocycles. The SMILES string of the molecule is O=[N+]([O-])c1ccc(OCc2ccc(F)c(Cl)c2)c(CO)c1. The second-order valence-electron chi connectivity index (χ2n) is 4.24. The van der Waals surface area contributed by atoms with E-state index in [0.29, 0.717) is 16.9 Å². The molecule has 0 fully saturated rings. The standard InChI is InChI=1S/C14H11ClFNO4/c15-12-5-9(1-3-13(12)16)8-21-14-4-2-11(17(19)20)6-10(14)7-18/h1-6,18H,7-8H2. The lowest BCUT2D eigenvalue weighted by Crippen LogP contribution is -2.00. The Labute approximate surface area is 124 Å². The molecule has 0 radical (unpaired) electrons. The number of hydrogen-bond acceptors (Lipinski definition) is 4. The molecule has 2 aromatic rings. The van der Waals surface area contributed by atoms with Crippen molar-refractivity contribution in [3.8, 4) is 5.75 Å². The highest BCUT2D eigenvalue weighted by Gasteiger charge is 2.11. The van der Waals surface area contributed by atoms with Crippen molar-refractivity contribution in [1.29, 1.82) is 0 Å². The van der Waals surface area contributed by atoms with Gasteiger partial charge in [0, 0.05) is 17.7 Å². The fourth-order valence-electron chi connectivity index (χ4n) is 1.73. The van der Waals surface area contributed by atoms with Crippen molar-refractivity contribution in [3.05, 3.63) is 68.5 Å². The Morgan fingerprint density at radius 1 is 1.29 bits per heavy atom. The smallest absolute Gasteiger partial charge is 0.270 e. The molecular formula is C14H11ClFNO4. The van der Waals surface area contributed by atoms with Gasteiger partial charge < -0.3 is 9.84 Å². The maximum absolute atomic E-state index is 13.0. The Morgan fingerprint density at radius 3 is 2.67 bits per heavy atom. The van der Waals surface area contributed by atoms with Gasteiger partial charge in [0.25, 0.3) is 5.69 Å². The number of aliphatic hydroxyl groups excluding tert-OH is 1. The van der Waals surface area contributed by atoms with Crippen LogP contribution in [0.4, 0.5) is 10.1 Å². The zero-order valence-corrected chi connectivity index (χ0v) is 11.5. The summed E-state index contributed by atoms with van der Waals surface area (Å²) in [6.07, 6.45) is 0. The van der Waals surface area contributed by atoms with E-state index < -0.39 is 10.7 Å². The van der Waals surface area contributed by atoms with Crippen molar-refractivity contribution in [2.45, 2.75) is 13.2 Å². The van der Waals surface area contributed by atoms with E-state index in [0.717, 1.165) is 0 Å². The largest absolute Gasteiger partial charge is 0.489 e. The minimum atomic E-state index is -0.553. The topological polar surface area (TPSA) is 72.6 Å². The Bertz CT molecular complexity index is 678. The molecule has 110 valence electrons. The molecule has 0 aromatic heterocycles. The molecule has 0 bridgehead atoms. The van der Waals surface area contributed by atoms with Gasteiger partial charge in [0.05, 0.1) is 16.6 Å². The first-order valence-corrected chi connectivity index (χ1v) is 6.34. The predicted octanol–water partition coefficient (Wildman–Crippen LogP) is 3.46. The average Bonchev–Trinajstić information content (AvgIpc) is 2.48. The molecule has 0 aliphatic rings. The van der Waals surface area contributed by atoms with Crippen molar-refractivity contribution in [3.63, 3.8) is 0 Å². The van der Waals surface area contributed by atoms with E-state index in [1.54, 1.807) is 0 Å². The molecule has 2 aromatic carbocycles. The Balaban J connectivity index is 2.15. The molecule has 0 aliphatic carbocycles. The van der Waals surface area contributed by atoms with Gasteiger partial charge in [0.15, 0.2) is 0 Å². The van der Waals surface area contributed by atoms with Crippen LogP contribution >= 0.6 is 11.6 Å². The van der Waals surface area contributed by atoms with Crippen LogP contribution in [0.3, 0.4) is 0 Å². The van der Waals surface area contributed by atoms with Gasteiger partial charge in [-0.05, 0) is 23.8 Å². The van der Waals surface area contributed by atoms with E-state index in [4.69, 9.17) is 16.3 Å². The minimum Gasteiger partial charge on any atom is -0.489 e. The van der Waals surface area contributed by atoms with Gasteiger partial charge in [-0.3, -0.25) is 10.1 Å². The normalized spacial score (nSPS) is 10.4. The zero-order valence-electron chi connectivity index (χ0n) is 10.8. The summed E-state index contributed by atoms with van der Waals surface area (Å²) in [6, 6.07) is 8.11. The monoisotopic (exact) mass is 311 g/mol. The number of halogens is 2. The lowest BCUT2D eigenvalue weighted by molar-refractivity contribution is -0.385. The van der Waals surface area contributed by atoms with Crippen LogP contribution in [-0.2, 0) is 13.2 Å². The predicted molar refractivity (Wildman–Crippen MR) is 74.8 cm³/mol.